The molecule has 0 aromatic carbocycles. The van der Waals surface area contributed by atoms with Crippen LogP contribution in [0.3, 0.4) is 0 Å². The van der Waals surface area contributed by atoms with E-state index < -0.39 is 0 Å². The van der Waals surface area contributed by atoms with Crippen molar-refractivity contribution >= 4 is 21.7 Å². The number of carbonyl (C=O) groups excluding carboxylic acids is 1. The van der Waals surface area contributed by atoms with Gasteiger partial charge in [-0.05, 0) is 49.7 Å². The molecule has 102 valence electrons. The lowest BCUT2D eigenvalue weighted by atomic mass is 10.1. The minimum atomic E-state index is 0.0966. The van der Waals surface area contributed by atoms with Crippen LogP contribution in [0.4, 0.5) is 0 Å². The summed E-state index contributed by atoms with van der Waals surface area (Å²) in [7, 11) is 1.97. The minimum Gasteiger partial charge on any atom is -0.351 e. The van der Waals surface area contributed by atoms with Gasteiger partial charge in [-0.3, -0.25) is 9.48 Å². The third-order valence-corrected chi connectivity index (χ3v) is 4.81. The molecule has 0 aliphatic carbocycles. The minimum absolute atomic E-state index is 0.0966. The molecule has 0 saturated heterocycles. The number of rotatable bonds is 3. The van der Waals surface area contributed by atoms with Crippen LogP contribution in [-0.2, 0) is 13.6 Å². The highest BCUT2D eigenvalue weighted by Gasteiger charge is 2.17. The molecule has 5 heteroatoms. The van der Waals surface area contributed by atoms with Crippen LogP contribution < -0.4 is 0 Å². The van der Waals surface area contributed by atoms with Gasteiger partial charge in [0.2, 0.25) is 0 Å². The Hall–Kier alpha value is -1.36. The van der Waals surface area contributed by atoms with Crippen LogP contribution >= 0.6 is 15.9 Å². The molecule has 2 aromatic rings. The summed E-state index contributed by atoms with van der Waals surface area (Å²) < 4.78 is 4.76. The molecular formula is C14H18BrN3O. The number of ketones is 1. The highest BCUT2D eigenvalue weighted by molar-refractivity contribution is 9.10. The van der Waals surface area contributed by atoms with Gasteiger partial charge in [-0.2, -0.15) is 5.10 Å². The maximum absolute atomic E-state index is 12.4. The molecule has 0 atom stereocenters. The van der Waals surface area contributed by atoms with Gasteiger partial charge in [-0.1, -0.05) is 0 Å². The zero-order valence-corrected chi connectivity index (χ0v) is 13.5. The molecule has 0 unspecified atom stereocenters. The molecule has 0 spiro atoms. The fraction of sp³-hybridized carbons (Fsp3) is 0.429. The van der Waals surface area contributed by atoms with Crippen LogP contribution in [0.2, 0.25) is 0 Å². The van der Waals surface area contributed by atoms with Gasteiger partial charge in [-0.15, -0.1) is 0 Å². The van der Waals surface area contributed by atoms with Gasteiger partial charge in [0.25, 0.3) is 0 Å². The van der Waals surface area contributed by atoms with E-state index in [1.165, 1.54) is 0 Å². The van der Waals surface area contributed by atoms with Crippen molar-refractivity contribution < 1.29 is 4.79 Å². The number of Topliss-reactive ketones (excluding diaryl/α,β-unsaturated/α-hetero) is 1. The molecule has 2 aromatic heterocycles. The van der Waals surface area contributed by atoms with Crippen molar-refractivity contribution in [1.82, 2.24) is 14.3 Å². The van der Waals surface area contributed by atoms with E-state index >= 15 is 0 Å². The van der Waals surface area contributed by atoms with Crippen LogP contribution in [0.15, 0.2) is 10.5 Å². The van der Waals surface area contributed by atoms with Crippen LogP contribution in [0, 0.1) is 27.7 Å². The van der Waals surface area contributed by atoms with E-state index in [2.05, 4.69) is 21.0 Å². The fourth-order valence-corrected chi connectivity index (χ4v) is 2.47. The molecule has 0 fully saturated rings. The van der Waals surface area contributed by atoms with Crippen molar-refractivity contribution in [3.63, 3.8) is 0 Å². The lowest BCUT2D eigenvalue weighted by Gasteiger charge is -2.04. The zero-order chi connectivity index (χ0) is 14.3. The van der Waals surface area contributed by atoms with Crippen molar-refractivity contribution in [2.75, 3.05) is 0 Å². The van der Waals surface area contributed by atoms with Gasteiger partial charge in [0.15, 0.2) is 5.78 Å². The molecule has 0 amide bonds. The van der Waals surface area contributed by atoms with E-state index in [1.807, 2.05) is 45.4 Å². The quantitative estimate of drug-likeness (QED) is 0.814. The van der Waals surface area contributed by atoms with Crippen molar-refractivity contribution in [3.05, 3.63) is 38.9 Å². The highest BCUT2D eigenvalue weighted by atomic mass is 79.9. The van der Waals surface area contributed by atoms with Gasteiger partial charge in [0, 0.05) is 24.0 Å². The van der Waals surface area contributed by atoms with Crippen molar-refractivity contribution in [2.45, 2.75) is 34.2 Å². The molecule has 2 rings (SSSR count). The summed E-state index contributed by atoms with van der Waals surface area (Å²) in [6, 6.07) is 1.94. The Bertz CT molecular complexity index is 652. The molecule has 0 bridgehead atoms. The first-order valence-electron chi connectivity index (χ1n) is 6.18. The largest absolute Gasteiger partial charge is 0.351 e. The zero-order valence-electron chi connectivity index (χ0n) is 11.9. The Labute approximate surface area is 121 Å². The Morgan fingerprint density at radius 3 is 2.32 bits per heavy atom. The highest BCUT2D eigenvalue weighted by Crippen LogP contribution is 2.21. The van der Waals surface area contributed by atoms with Crippen molar-refractivity contribution in [1.29, 1.82) is 0 Å². The van der Waals surface area contributed by atoms with Gasteiger partial charge in [-0.25, -0.2) is 0 Å². The van der Waals surface area contributed by atoms with Crippen LogP contribution in [0.5, 0.6) is 0 Å². The lowest BCUT2D eigenvalue weighted by Crippen LogP contribution is -2.13. The first kappa shape index (κ1) is 14.1. The van der Waals surface area contributed by atoms with Crippen LogP contribution in [0.25, 0.3) is 0 Å². The predicted molar refractivity (Wildman–Crippen MR) is 78.6 cm³/mol. The fourth-order valence-electron chi connectivity index (χ4n) is 2.19. The summed E-state index contributed by atoms with van der Waals surface area (Å²) in [5.74, 6) is 0.0966. The third-order valence-electron chi connectivity index (χ3n) is 3.66. The molecule has 0 aliphatic heterocycles. The van der Waals surface area contributed by atoms with Crippen LogP contribution in [0.1, 0.15) is 33.1 Å². The first-order chi connectivity index (χ1) is 8.82. The SMILES string of the molecule is Cc1nn(CC(=O)c2cc(C)n(C)c2C)c(C)c1Br. The molecule has 4 nitrogen and oxygen atoms in total. The van der Waals surface area contributed by atoms with E-state index in [0.717, 1.165) is 32.8 Å². The standard InChI is InChI=1S/C14H18BrN3O/c1-8-6-12(10(3)17(8)5)13(19)7-18-11(4)14(15)9(2)16-18/h6H,7H2,1-5H3. The summed E-state index contributed by atoms with van der Waals surface area (Å²) in [6.45, 7) is 8.14. The van der Waals surface area contributed by atoms with Crippen LogP contribution in [-0.4, -0.2) is 20.1 Å². The van der Waals surface area contributed by atoms with Gasteiger partial charge in [0.1, 0.15) is 6.54 Å². The summed E-state index contributed by atoms with van der Waals surface area (Å²) in [5, 5.41) is 4.38. The Balaban J connectivity index is 2.31. The summed E-state index contributed by atoms with van der Waals surface area (Å²) in [5.41, 5.74) is 4.77. The third kappa shape index (κ3) is 2.39. The lowest BCUT2D eigenvalue weighted by molar-refractivity contribution is 0.0966. The van der Waals surface area contributed by atoms with E-state index in [0.29, 0.717) is 0 Å². The number of carbonyl (C=O) groups is 1. The van der Waals surface area contributed by atoms with E-state index in [4.69, 9.17) is 0 Å². The second-order valence-corrected chi connectivity index (χ2v) is 5.70. The van der Waals surface area contributed by atoms with E-state index in [9.17, 15) is 4.79 Å². The topological polar surface area (TPSA) is 39.8 Å². The smallest absolute Gasteiger partial charge is 0.186 e. The van der Waals surface area contributed by atoms with Gasteiger partial charge in [0.05, 0.1) is 15.9 Å². The van der Waals surface area contributed by atoms with Crippen molar-refractivity contribution in [2.24, 2.45) is 7.05 Å². The van der Waals surface area contributed by atoms with Gasteiger partial charge < -0.3 is 4.57 Å². The van der Waals surface area contributed by atoms with Crippen molar-refractivity contribution in [3.8, 4) is 0 Å². The number of hydrogen-bond acceptors (Lipinski definition) is 2. The monoisotopic (exact) mass is 323 g/mol. The van der Waals surface area contributed by atoms with Gasteiger partial charge >= 0.3 is 0 Å². The Morgan fingerprint density at radius 2 is 1.89 bits per heavy atom. The molecule has 0 aliphatic rings. The molecular weight excluding hydrogens is 306 g/mol. The predicted octanol–water partition coefficient (Wildman–Crippen LogP) is 3.10. The first-order valence-corrected chi connectivity index (χ1v) is 6.97. The van der Waals surface area contributed by atoms with E-state index in [1.54, 1.807) is 4.68 Å². The number of nitrogens with zero attached hydrogens (tertiary/aromatic N) is 3. The number of aryl methyl sites for hydroxylation is 2. The second-order valence-electron chi connectivity index (χ2n) is 4.91. The summed E-state index contributed by atoms with van der Waals surface area (Å²) >= 11 is 3.48. The summed E-state index contributed by atoms with van der Waals surface area (Å²) in [6.07, 6.45) is 0. The average Bonchev–Trinajstić information content (AvgIpc) is 2.75. The number of hydrogen-bond donors (Lipinski definition) is 0. The summed E-state index contributed by atoms with van der Waals surface area (Å²) in [4.78, 5) is 12.4. The normalized spacial score (nSPS) is 11.1. The molecule has 0 saturated carbocycles. The van der Waals surface area contributed by atoms with E-state index in [-0.39, 0.29) is 12.3 Å². The maximum Gasteiger partial charge on any atom is 0.186 e. The molecule has 19 heavy (non-hydrogen) atoms. The molecule has 0 N–H and O–H groups in total. The maximum atomic E-state index is 12.4. The number of aromatic nitrogens is 3. The Morgan fingerprint density at radius 1 is 1.26 bits per heavy atom. The number of halogens is 1. The Kier molecular flexibility index (Phi) is 3.67. The molecule has 0 radical (unpaired) electrons. The second kappa shape index (κ2) is 4.96. The average molecular weight is 324 g/mol. The molecule has 2 heterocycles.